The van der Waals surface area contributed by atoms with Crippen molar-refractivity contribution in [3.8, 4) is 0 Å². The van der Waals surface area contributed by atoms with Crippen molar-refractivity contribution in [1.82, 2.24) is 10.1 Å². The van der Waals surface area contributed by atoms with Crippen LogP contribution in [-0.4, -0.2) is 15.9 Å². The van der Waals surface area contributed by atoms with Gasteiger partial charge in [0, 0.05) is 16.9 Å². The third-order valence-electron chi connectivity index (χ3n) is 2.29. The number of carbonyl (C=O) groups is 1. The van der Waals surface area contributed by atoms with Gasteiger partial charge in [0.05, 0.1) is 6.54 Å². The van der Waals surface area contributed by atoms with E-state index in [9.17, 15) is 4.79 Å². The van der Waals surface area contributed by atoms with Crippen molar-refractivity contribution >= 4 is 17.2 Å². The minimum Gasteiger partial charge on any atom is -0.398 e. The van der Waals surface area contributed by atoms with Crippen molar-refractivity contribution in [2.24, 2.45) is 0 Å². The Morgan fingerprint density at radius 2 is 2.35 bits per heavy atom. The Morgan fingerprint density at radius 3 is 2.94 bits per heavy atom. The van der Waals surface area contributed by atoms with E-state index >= 15 is 0 Å². The van der Waals surface area contributed by atoms with Gasteiger partial charge >= 0.3 is 0 Å². The molecule has 0 saturated carbocycles. The smallest absolute Gasteiger partial charge is 0.213 e. The number of nitrogen functional groups attached to an aromatic ring is 1. The Labute approximate surface area is 97.8 Å². The molecule has 0 bridgehead atoms. The van der Waals surface area contributed by atoms with Crippen LogP contribution in [-0.2, 0) is 6.54 Å². The molecule has 0 radical (unpaired) electrons. The lowest BCUT2D eigenvalue weighted by Gasteiger charge is -2.07. The molecule has 1 aromatic carbocycles. The summed E-state index contributed by atoms with van der Waals surface area (Å²) in [5, 5.41) is 6.74. The molecule has 0 amide bonds. The minimum absolute atomic E-state index is 0.0489. The predicted octanol–water partition coefficient (Wildman–Crippen LogP) is 1.47. The number of carbonyl (C=O) groups excluding carboxylic acids is 1. The maximum atomic E-state index is 11.2. The van der Waals surface area contributed by atoms with Crippen LogP contribution in [0, 0.1) is 0 Å². The van der Waals surface area contributed by atoms with Gasteiger partial charge < -0.3 is 15.6 Å². The highest BCUT2D eigenvalue weighted by molar-refractivity contribution is 5.99. The fourth-order valence-electron chi connectivity index (χ4n) is 1.44. The Balaban J connectivity index is 2.07. The number of aromatic nitrogens is 2. The molecule has 1 heterocycles. The van der Waals surface area contributed by atoms with Crippen LogP contribution in [0.25, 0.3) is 0 Å². The second kappa shape index (κ2) is 4.65. The molecule has 0 saturated heterocycles. The Bertz CT molecular complexity index is 522. The Morgan fingerprint density at radius 1 is 1.53 bits per heavy atom. The van der Waals surface area contributed by atoms with Crippen molar-refractivity contribution in [3.63, 3.8) is 0 Å². The van der Waals surface area contributed by atoms with E-state index in [2.05, 4.69) is 20.0 Å². The van der Waals surface area contributed by atoms with Crippen LogP contribution < -0.4 is 11.1 Å². The molecule has 6 heteroatoms. The van der Waals surface area contributed by atoms with E-state index in [1.54, 1.807) is 18.2 Å². The molecule has 1 aromatic heterocycles. The van der Waals surface area contributed by atoms with Gasteiger partial charge in [0.15, 0.2) is 11.6 Å². The lowest BCUT2D eigenvalue weighted by molar-refractivity contribution is 0.101. The first-order valence-electron chi connectivity index (χ1n) is 5.06. The number of Topliss-reactive ketones (excluding diaryl/α,β-unsaturated/α-hetero) is 1. The molecule has 0 aliphatic rings. The zero-order valence-electron chi connectivity index (χ0n) is 9.30. The van der Waals surface area contributed by atoms with Crippen LogP contribution >= 0.6 is 0 Å². The predicted molar refractivity (Wildman–Crippen MR) is 62.5 cm³/mol. The largest absolute Gasteiger partial charge is 0.398 e. The highest BCUT2D eigenvalue weighted by atomic mass is 16.5. The van der Waals surface area contributed by atoms with E-state index in [4.69, 9.17) is 5.73 Å². The topological polar surface area (TPSA) is 94.0 Å². The zero-order chi connectivity index (χ0) is 12.3. The average molecular weight is 232 g/mol. The van der Waals surface area contributed by atoms with Gasteiger partial charge in [-0.25, -0.2) is 0 Å². The van der Waals surface area contributed by atoms with Gasteiger partial charge in [0.2, 0.25) is 6.39 Å². The molecule has 2 rings (SSSR count). The van der Waals surface area contributed by atoms with Gasteiger partial charge in [-0.3, -0.25) is 4.79 Å². The normalized spacial score (nSPS) is 10.2. The van der Waals surface area contributed by atoms with Crippen molar-refractivity contribution < 1.29 is 9.32 Å². The third-order valence-corrected chi connectivity index (χ3v) is 2.29. The number of benzene rings is 1. The molecule has 0 unspecified atom stereocenters. The Hall–Kier alpha value is -2.37. The first-order valence-corrected chi connectivity index (χ1v) is 5.06. The number of nitrogens with two attached hydrogens (primary N) is 1. The van der Waals surface area contributed by atoms with Crippen LogP contribution in [0.4, 0.5) is 11.4 Å². The van der Waals surface area contributed by atoms with Gasteiger partial charge in [-0.2, -0.15) is 4.98 Å². The van der Waals surface area contributed by atoms with Crippen molar-refractivity contribution in [2.45, 2.75) is 13.5 Å². The number of ketones is 1. The van der Waals surface area contributed by atoms with E-state index in [0.29, 0.717) is 23.6 Å². The van der Waals surface area contributed by atoms with Gasteiger partial charge in [-0.15, -0.1) is 0 Å². The van der Waals surface area contributed by atoms with Crippen molar-refractivity contribution in [1.29, 1.82) is 0 Å². The fraction of sp³-hybridized carbons (Fsp3) is 0.182. The number of hydrogen-bond acceptors (Lipinski definition) is 6. The van der Waals surface area contributed by atoms with E-state index in [-0.39, 0.29) is 5.78 Å². The summed E-state index contributed by atoms with van der Waals surface area (Å²) in [4.78, 5) is 15.1. The highest BCUT2D eigenvalue weighted by Crippen LogP contribution is 2.18. The molecule has 0 fully saturated rings. The summed E-state index contributed by atoms with van der Waals surface area (Å²) in [7, 11) is 0. The van der Waals surface area contributed by atoms with Crippen LogP contribution in [0.5, 0.6) is 0 Å². The quantitative estimate of drug-likeness (QED) is 0.612. The van der Waals surface area contributed by atoms with E-state index < -0.39 is 0 Å². The SMILES string of the molecule is CC(=O)c1ccc(NCc2ncon2)cc1N. The summed E-state index contributed by atoms with van der Waals surface area (Å²) in [6, 6.07) is 5.18. The van der Waals surface area contributed by atoms with Crippen LogP contribution in [0.15, 0.2) is 29.1 Å². The van der Waals surface area contributed by atoms with E-state index in [0.717, 1.165) is 5.69 Å². The molecular weight excluding hydrogens is 220 g/mol. The zero-order valence-corrected chi connectivity index (χ0v) is 9.30. The number of nitrogens with zero attached hydrogens (tertiary/aromatic N) is 2. The molecule has 3 N–H and O–H groups in total. The van der Waals surface area contributed by atoms with Gasteiger partial charge in [-0.1, -0.05) is 5.16 Å². The van der Waals surface area contributed by atoms with Crippen LogP contribution in [0.1, 0.15) is 23.1 Å². The second-order valence-corrected chi connectivity index (χ2v) is 3.56. The molecule has 0 atom stereocenters. The van der Waals surface area contributed by atoms with Crippen LogP contribution in [0.3, 0.4) is 0 Å². The lowest BCUT2D eigenvalue weighted by Crippen LogP contribution is -2.04. The van der Waals surface area contributed by atoms with Gasteiger partial charge in [0.1, 0.15) is 0 Å². The minimum atomic E-state index is -0.0489. The number of rotatable bonds is 4. The summed E-state index contributed by atoms with van der Waals surface area (Å²) >= 11 is 0. The van der Waals surface area contributed by atoms with Crippen molar-refractivity contribution in [3.05, 3.63) is 36.0 Å². The molecular formula is C11H12N4O2. The summed E-state index contributed by atoms with van der Waals surface area (Å²) in [6.07, 6.45) is 1.27. The second-order valence-electron chi connectivity index (χ2n) is 3.56. The van der Waals surface area contributed by atoms with Crippen LogP contribution in [0.2, 0.25) is 0 Å². The van der Waals surface area contributed by atoms with E-state index in [1.165, 1.54) is 13.3 Å². The standard InChI is InChI=1S/C11H12N4O2/c1-7(16)9-3-2-8(4-10(9)12)13-5-11-14-6-17-15-11/h2-4,6,13H,5,12H2,1H3. The van der Waals surface area contributed by atoms with Gasteiger partial charge in [0.25, 0.3) is 0 Å². The van der Waals surface area contributed by atoms with Crippen molar-refractivity contribution in [2.75, 3.05) is 11.1 Å². The number of anilines is 2. The third kappa shape index (κ3) is 2.60. The summed E-state index contributed by atoms with van der Waals surface area (Å²) < 4.78 is 4.61. The summed E-state index contributed by atoms with van der Waals surface area (Å²) in [6.45, 7) is 1.92. The molecule has 17 heavy (non-hydrogen) atoms. The average Bonchev–Trinajstić information content (AvgIpc) is 2.78. The molecule has 0 aliphatic carbocycles. The molecule has 0 spiro atoms. The monoisotopic (exact) mass is 232 g/mol. The number of hydrogen-bond donors (Lipinski definition) is 2. The maximum absolute atomic E-state index is 11.2. The highest BCUT2D eigenvalue weighted by Gasteiger charge is 2.05. The first-order chi connectivity index (χ1) is 8.16. The first kappa shape index (κ1) is 11.1. The molecule has 88 valence electrons. The Kier molecular flexibility index (Phi) is 3.04. The fourth-order valence-corrected chi connectivity index (χ4v) is 1.44. The molecule has 2 aromatic rings. The molecule has 6 nitrogen and oxygen atoms in total. The summed E-state index contributed by atoms with van der Waals surface area (Å²) in [5.74, 6) is 0.506. The number of nitrogens with one attached hydrogen (secondary N) is 1. The lowest BCUT2D eigenvalue weighted by atomic mass is 10.1. The van der Waals surface area contributed by atoms with E-state index in [1.807, 2.05) is 0 Å². The maximum Gasteiger partial charge on any atom is 0.213 e. The van der Waals surface area contributed by atoms with Gasteiger partial charge in [-0.05, 0) is 25.1 Å². The molecule has 0 aliphatic heterocycles. The summed E-state index contributed by atoms with van der Waals surface area (Å²) in [5.41, 5.74) is 7.54.